The molecular weight excluding hydrogens is 330 g/mol. The summed E-state index contributed by atoms with van der Waals surface area (Å²) in [5.74, 6) is 0.976. The van der Waals surface area contributed by atoms with Crippen molar-refractivity contribution >= 4 is 11.9 Å². The summed E-state index contributed by atoms with van der Waals surface area (Å²) >= 11 is 0. The van der Waals surface area contributed by atoms with E-state index < -0.39 is 5.54 Å². The zero-order valence-corrected chi connectivity index (χ0v) is 16.0. The third kappa shape index (κ3) is 3.56. The van der Waals surface area contributed by atoms with Gasteiger partial charge < -0.3 is 10.1 Å². The summed E-state index contributed by atoms with van der Waals surface area (Å²) in [4.78, 5) is 28.8. The number of ether oxygens (including phenoxy) is 1. The van der Waals surface area contributed by atoms with E-state index in [0.717, 1.165) is 37.0 Å². The van der Waals surface area contributed by atoms with Crippen LogP contribution < -0.4 is 10.1 Å². The lowest BCUT2D eigenvalue weighted by Gasteiger charge is -2.37. The molecule has 2 atom stereocenters. The summed E-state index contributed by atoms with van der Waals surface area (Å²) < 4.78 is 5.46. The number of amides is 3. The lowest BCUT2D eigenvalue weighted by atomic mass is 9.73. The van der Waals surface area contributed by atoms with Gasteiger partial charge in [0, 0.05) is 6.54 Å². The maximum atomic E-state index is 13.0. The zero-order chi connectivity index (χ0) is 18.7. The van der Waals surface area contributed by atoms with Gasteiger partial charge in [-0.3, -0.25) is 9.69 Å². The average molecular weight is 359 g/mol. The van der Waals surface area contributed by atoms with Crippen LogP contribution in [0.1, 0.15) is 45.1 Å². The van der Waals surface area contributed by atoms with Gasteiger partial charge in [0.15, 0.2) is 0 Å². The second kappa shape index (κ2) is 7.66. The molecule has 2 aliphatic rings. The minimum absolute atomic E-state index is 0.0618. The first-order valence-corrected chi connectivity index (χ1v) is 9.50. The first kappa shape index (κ1) is 18.7. The van der Waals surface area contributed by atoms with Crippen LogP contribution in [0.25, 0.3) is 0 Å². The van der Waals surface area contributed by atoms with E-state index in [1.165, 1.54) is 4.90 Å². The van der Waals surface area contributed by atoms with Gasteiger partial charge in [-0.15, -0.1) is 0 Å². The number of imide groups is 1. The van der Waals surface area contributed by atoms with E-state index >= 15 is 0 Å². The smallest absolute Gasteiger partial charge is 0.326 e. The van der Waals surface area contributed by atoms with Gasteiger partial charge in [0.2, 0.25) is 0 Å². The maximum absolute atomic E-state index is 13.0. The van der Waals surface area contributed by atoms with E-state index in [2.05, 4.69) is 12.2 Å². The fourth-order valence-electron chi connectivity index (χ4n) is 4.08. The van der Waals surface area contributed by atoms with Crippen LogP contribution in [0.15, 0.2) is 24.3 Å². The van der Waals surface area contributed by atoms with Crippen molar-refractivity contribution in [3.8, 4) is 5.75 Å². The van der Waals surface area contributed by atoms with E-state index in [0.29, 0.717) is 19.8 Å². The van der Waals surface area contributed by atoms with E-state index in [-0.39, 0.29) is 17.9 Å². The van der Waals surface area contributed by atoms with E-state index in [1.807, 2.05) is 43.1 Å². The summed E-state index contributed by atoms with van der Waals surface area (Å²) in [6.07, 6.45) is 3.86. The Morgan fingerprint density at radius 1 is 1.27 bits per heavy atom. The predicted octanol–water partition coefficient (Wildman–Crippen LogP) is 2.98. The van der Waals surface area contributed by atoms with Crippen LogP contribution in [-0.4, -0.2) is 47.6 Å². The highest BCUT2D eigenvalue weighted by Crippen LogP contribution is 2.38. The number of hydrogen-bond donors (Lipinski definition) is 1. The third-order valence-corrected chi connectivity index (χ3v) is 5.57. The predicted molar refractivity (Wildman–Crippen MR) is 99.7 cm³/mol. The molecule has 1 heterocycles. The number of nitrogens with one attached hydrogen (secondary N) is 1. The molecule has 26 heavy (non-hydrogen) atoms. The fraction of sp³-hybridized carbons (Fsp3) is 0.600. The van der Waals surface area contributed by atoms with Crippen molar-refractivity contribution in [2.24, 2.45) is 5.92 Å². The fourth-order valence-corrected chi connectivity index (χ4v) is 4.08. The van der Waals surface area contributed by atoms with Crippen molar-refractivity contribution in [1.29, 1.82) is 0 Å². The highest BCUT2D eigenvalue weighted by molar-refractivity contribution is 6.07. The normalized spacial score (nSPS) is 25.8. The van der Waals surface area contributed by atoms with Crippen molar-refractivity contribution in [2.75, 3.05) is 20.3 Å². The van der Waals surface area contributed by atoms with E-state index in [9.17, 15) is 9.59 Å². The molecule has 1 spiro atoms. The first-order chi connectivity index (χ1) is 12.5. The second-order valence-corrected chi connectivity index (χ2v) is 7.51. The molecule has 1 aromatic carbocycles. The Labute approximate surface area is 155 Å². The number of hydrogen-bond acceptors (Lipinski definition) is 4. The standard InChI is InChI=1S/C20H29N3O3/c1-4-26-17-10-8-16(9-11-17)13-22(3)14-23-18(24)20(21-19(23)25)12-6-5-7-15(20)2/h8-11,15H,4-7,12-14H2,1-3H3,(H,21,25)/t15-,20+/m0/s1. The monoisotopic (exact) mass is 359 g/mol. The maximum Gasteiger partial charge on any atom is 0.326 e. The molecule has 142 valence electrons. The van der Waals surface area contributed by atoms with E-state index in [1.54, 1.807) is 0 Å². The molecule has 1 saturated heterocycles. The molecule has 3 amide bonds. The Morgan fingerprint density at radius 2 is 2.00 bits per heavy atom. The van der Waals surface area contributed by atoms with Gasteiger partial charge >= 0.3 is 6.03 Å². The lowest BCUT2D eigenvalue weighted by Crippen LogP contribution is -2.54. The van der Waals surface area contributed by atoms with E-state index in [4.69, 9.17) is 4.74 Å². The molecule has 0 aromatic heterocycles. The summed E-state index contributed by atoms with van der Waals surface area (Å²) in [7, 11) is 1.92. The van der Waals surface area contributed by atoms with Crippen LogP contribution in [0.2, 0.25) is 0 Å². The summed E-state index contributed by atoms with van der Waals surface area (Å²) in [6.45, 7) is 5.63. The van der Waals surface area contributed by atoms with Crippen LogP contribution in [0, 0.1) is 5.92 Å². The summed E-state index contributed by atoms with van der Waals surface area (Å²) in [5, 5.41) is 3.00. The minimum Gasteiger partial charge on any atom is -0.494 e. The Hall–Kier alpha value is -2.08. The second-order valence-electron chi connectivity index (χ2n) is 7.51. The molecule has 6 nitrogen and oxygen atoms in total. The number of benzene rings is 1. The van der Waals surface area contributed by atoms with Crippen LogP contribution in [0.4, 0.5) is 4.79 Å². The van der Waals surface area contributed by atoms with Crippen molar-refractivity contribution < 1.29 is 14.3 Å². The molecule has 0 unspecified atom stereocenters. The number of urea groups is 1. The van der Waals surface area contributed by atoms with Gasteiger partial charge in [-0.25, -0.2) is 9.69 Å². The van der Waals surface area contributed by atoms with Gasteiger partial charge in [-0.05, 0) is 50.4 Å². The Bertz CT molecular complexity index is 661. The van der Waals surface area contributed by atoms with Crippen LogP contribution in [0.3, 0.4) is 0 Å². The third-order valence-electron chi connectivity index (χ3n) is 5.57. The molecular formula is C20H29N3O3. The van der Waals surface area contributed by atoms with Gasteiger partial charge in [0.1, 0.15) is 11.3 Å². The highest BCUT2D eigenvalue weighted by atomic mass is 16.5. The molecule has 0 bridgehead atoms. The SMILES string of the molecule is CCOc1ccc(CN(C)CN2C(=O)N[C@@]3(CCCC[C@@H]3C)C2=O)cc1. The van der Waals surface area contributed by atoms with Crippen molar-refractivity contribution in [3.63, 3.8) is 0 Å². The molecule has 0 radical (unpaired) electrons. The quantitative estimate of drug-likeness (QED) is 0.793. The molecule has 1 aliphatic heterocycles. The van der Waals surface area contributed by atoms with Crippen molar-refractivity contribution in [2.45, 2.75) is 51.6 Å². The van der Waals surface area contributed by atoms with Gasteiger partial charge in [0.25, 0.3) is 5.91 Å². The Kier molecular flexibility index (Phi) is 5.51. The molecule has 6 heteroatoms. The lowest BCUT2D eigenvalue weighted by molar-refractivity contribution is -0.135. The minimum atomic E-state index is -0.685. The van der Waals surface area contributed by atoms with Crippen molar-refractivity contribution in [3.05, 3.63) is 29.8 Å². The number of carbonyl (C=O) groups excluding carboxylic acids is 2. The molecule has 1 aliphatic carbocycles. The van der Waals surface area contributed by atoms with Gasteiger partial charge in [-0.1, -0.05) is 31.9 Å². The number of rotatable bonds is 6. The molecule has 2 fully saturated rings. The number of nitrogens with zero attached hydrogens (tertiary/aromatic N) is 2. The van der Waals surface area contributed by atoms with Crippen LogP contribution >= 0.6 is 0 Å². The van der Waals surface area contributed by atoms with Crippen LogP contribution in [0.5, 0.6) is 5.75 Å². The van der Waals surface area contributed by atoms with Gasteiger partial charge in [-0.2, -0.15) is 0 Å². The largest absolute Gasteiger partial charge is 0.494 e. The van der Waals surface area contributed by atoms with Gasteiger partial charge in [0.05, 0.1) is 13.3 Å². The first-order valence-electron chi connectivity index (χ1n) is 9.50. The molecule has 1 saturated carbocycles. The topological polar surface area (TPSA) is 61.9 Å². The number of carbonyl (C=O) groups is 2. The Morgan fingerprint density at radius 3 is 2.65 bits per heavy atom. The summed E-state index contributed by atoms with van der Waals surface area (Å²) in [6, 6.07) is 7.65. The Balaban J connectivity index is 1.62. The molecule has 1 N–H and O–H groups in total. The average Bonchev–Trinajstić information content (AvgIpc) is 2.85. The molecule has 1 aromatic rings. The van der Waals surface area contributed by atoms with Crippen LogP contribution in [-0.2, 0) is 11.3 Å². The summed E-state index contributed by atoms with van der Waals surface area (Å²) in [5.41, 5.74) is 0.429. The molecule has 3 rings (SSSR count). The zero-order valence-electron chi connectivity index (χ0n) is 16.0. The van der Waals surface area contributed by atoms with Crippen molar-refractivity contribution in [1.82, 2.24) is 15.1 Å². The highest BCUT2D eigenvalue weighted by Gasteiger charge is 2.54.